The van der Waals surface area contributed by atoms with Gasteiger partial charge >= 0.3 is 5.97 Å². The first kappa shape index (κ1) is 27.9. The van der Waals surface area contributed by atoms with Crippen molar-refractivity contribution in [3.8, 4) is 17.6 Å². The second kappa shape index (κ2) is 11.8. The smallest absolute Gasteiger partial charge is 0.338 e. The number of hydrogen-bond donors (Lipinski definition) is 0. The van der Waals surface area contributed by atoms with Crippen LogP contribution in [0.3, 0.4) is 0 Å². The summed E-state index contributed by atoms with van der Waals surface area (Å²) in [5, 5.41) is 9.71. The average molecular weight is 586 g/mol. The molecule has 0 radical (unpaired) electrons. The molecule has 206 valence electrons. The summed E-state index contributed by atoms with van der Waals surface area (Å²) in [4.78, 5) is 31.8. The lowest BCUT2D eigenvalue weighted by Gasteiger charge is -2.25. The number of nitriles is 1. The van der Waals surface area contributed by atoms with E-state index in [0.717, 1.165) is 11.1 Å². The number of ether oxygens (including phenoxy) is 3. The number of methoxy groups -OCH3 is 2. The number of halogens is 1. The van der Waals surface area contributed by atoms with E-state index in [1.54, 1.807) is 49.4 Å². The zero-order chi connectivity index (χ0) is 29.1. The monoisotopic (exact) mass is 585 g/mol. The summed E-state index contributed by atoms with van der Waals surface area (Å²) in [6.45, 7) is 1.97. The molecule has 0 N–H and O–H groups in total. The van der Waals surface area contributed by atoms with E-state index in [2.05, 4.69) is 11.1 Å². The number of hydrogen-bond acceptors (Lipinski definition) is 8. The third-order valence-electron chi connectivity index (χ3n) is 6.62. The van der Waals surface area contributed by atoms with Gasteiger partial charge in [-0.1, -0.05) is 53.3 Å². The summed E-state index contributed by atoms with van der Waals surface area (Å²) in [6, 6.07) is 20.9. The van der Waals surface area contributed by atoms with E-state index in [1.165, 1.54) is 30.1 Å². The van der Waals surface area contributed by atoms with E-state index in [-0.39, 0.29) is 17.7 Å². The molecule has 0 aliphatic carbocycles. The lowest BCUT2D eigenvalue weighted by Crippen LogP contribution is -2.40. The lowest BCUT2D eigenvalue weighted by molar-refractivity contribution is -0.136. The number of carbonyl (C=O) groups is 1. The van der Waals surface area contributed by atoms with Gasteiger partial charge in [-0.2, -0.15) is 5.26 Å². The van der Waals surface area contributed by atoms with E-state index in [1.807, 2.05) is 30.3 Å². The Morgan fingerprint density at radius 2 is 1.90 bits per heavy atom. The summed E-state index contributed by atoms with van der Waals surface area (Å²) in [6.07, 6.45) is 1.77. The van der Waals surface area contributed by atoms with Gasteiger partial charge in [0.2, 0.25) is 0 Å². The number of rotatable bonds is 7. The van der Waals surface area contributed by atoms with Crippen LogP contribution in [-0.4, -0.2) is 24.8 Å². The third kappa shape index (κ3) is 5.53. The van der Waals surface area contributed by atoms with Crippen LogP contribution in [0.5, 0.6) is 11.5 Å². The SMILES string of the molecule is COC(=O)C1=C(C)N=c2s/c(=C\c3ccc(OCc4ccccc4C#N)cc3)c(=O)n2[C@H]1c1cc(Cl)ccc1OC. The molecule has 0 saturated carbocycles. The topological polar surface area (TPSA) is 103 Å². The summed E-state index contributed by atoms with van der Waals surface area (Å²) >= 11 is 7.55. The van der Waals surface area contributed by atoms with Gasteiger partial charge in [0.1, 0.15) is 24.1 Å². The highest BCUT2D eigenvalue weighted by Gasteiger charge is 2.35. The van der Waals surface area contributed by atoms with E-state index in [4.69, 9.17) is 25.8 Å². The van der Waals surface area contributed by atoms with E-state index in [0.29, 0.717) is 42.7 Å². The van der Waals surface area contributed by atoms with E-state index < -0.39 is 12.0 Å². The molecular formula is C31H24ClN3O5S. The van der Waals surface area contributed by atoms with Gasteiger partial charge in [-0.3, -0.25) is 9.36 Å². The summed E-state index contributed by atoms with van der Waals surface area (Å²) in [5.41, 5.74) is 3.04. The van der Waals surface area contributed by atoms with Gasteiger partial charge in [0.05, 0.1) is 41.7 Å². The molecule has 0 amide bonds. The molecule has 3 aromatic carbocycles. The van der Waals surface area contributed by atoms with Crippen molar-refractivity contribution in [2.24, 2.45) is 4.99 Å². The maximum absolute atomic E-state index is 13.8. The van der Waals surface area contributed by atoms with Crippen molar-refractivity contribution in [1.82, 2.24) is 4.57 Å². The Labute approximate surface area is 244 Å². The fourth-order valence-corrected chi connectivity index (χ4v) is 5.86. The number of benzene rings is 3. The van der Waals surface area contributed by atoms with Gasteiger partial charge in [0, 0.05) is 16.1 Å². The van der Waals surface area contributed by atoms with Crippen molar-refractivity contribution in [2.75, 3.05) is 14.2 Å². The molecule has 4 aromatic rings. The molecule has 10 heteroatoms. The van der Waals surface area contributed by atoms with E-state index in [9.17, 15) is 14.9 Å². The van der Waals surface area contributed by atoms with Crippen molar-refractivity contribution in [3.05, 3.63) is 125 Å². The van der Waals surface area contributed by atoms with Crippen molar-refractivity contribution < 1.29 is 19.0 Å². The first-order valence-corrected chi connectivity index (χ1v) is 13.7. The molecule has 1 aliphatic heterocycles. The van der Waals surface area contributed by atoms with Crippen LogP contribution in [0.1, 0.15) is 35.2 Å². The number of allylic oxidation sites excluding steroid dienone is 1. The van der Waals surface area contributed by atoms with Gasteiger partial charge in [-0.25, -0.2) is 9.79 Å². The highest BCUT2D eigenvalue weighted by molar-refractivity contribution is 7.07. The van der Waals surface area contributed by atoms with Gasteiger partial charge in [0.25, 0.3) is 5.56 Å². The van der Waals surface area contributed by atoms with Crippen molar-refractivity contribution in [2.45, 2.75) is 19.6 Å². The van der Waals surface area contributed by atoms with Crippen LogP contribution in [-0.2, 0) is 16.1 Å². The Morgan fingerprint density at radius 1 is 1.15 bits per heavy atom. The molecule has 41 heavy (non-hydrogen) atoms. The maximum atomic E-state index is 13.8. The maximum Gasteiger partial charge on any atom is 0.338 e. The zero-order valence-corrected chi connectivity index (χ0v) is 24.0. The lowest BCUT2D eigenvalue weighted by atomic mass is 9.95. The van der Waals surface area contributed by atoms with Crippen molar-refractivity contribution >= 4 is 35.0 Å². The zero-order valence-electron chi connectivity index (χ0n) is 22.4. The van der Waals surface area contributed by atoms with Gasteiger partial charge < -0.3 is 14.2 Å². The molecule has 1 atom stereocenters. The molecule has 5 rings (SSSR count). The molecule has 0 spiro atoms. The Morgan fingerprint density at radius 3 is 2.61 bits per heavy atom. The summed E-state index contributed by atoms with van der Waals surface area (Å²) in [7, 11) is 2.80. The predicted octanol–water partition coefficient (Wildman–Crippen LogP) is 4.52. The fourth-order valence-electron chi connectivity index (χ4n) is 4.63. The number of nitrogens with zero attached hydrogens (tertiary/aromatic N) is 3. The predicted molar refractivity (Wildman–Crippen MR) is 156 cm³/mol. The van der Waals surface area contributed by atoms with Crippen molar-refractivity contribution in [1.29, 1.82) is 5.26 Å². The minimum absolute atomic E-state index is 0.228. The molecule has 1 aromatic heterocycles. The molecule has 0 unspecified atom stereocenters. The number of esters is 1. The van der Waals surface area contributed by atoms with Crippen LogP contribution >= 0.6 is 22.9 Å². The second-order valence-corrected chi connectivity index (χ2v) is 10.5. The summed E-state index contributed by atoms with van der Waals surface area (Å²) in [5.74, 6) is 0.501. The molecule has 0 fully saturated rings. The van der Waals surface area contributed by atoms with Crippen LogP contribution in [0.4, 0.5) is 0 Å². The Kier molecular flexibility index (Phi) is 8.06. The Hall–Kier alpha value is -4.65. The van der Waals surface area contributed by atoms with Crippen LogP contribution in [0.2, 0.25) is 5.02 Å². The largest absolute Gasteiger partial charge is 0.496 e. The standard InChI is InChI=1S/C31H24ClN3O5S/c1-18-27(30(37)39-3)28(24-15-22(32)10-13-25(24)38-2)35-29(36)26(41-31(35)34-18)14-19-8-11-23(12-9-19)40-17-21-7-5-4-6-20(21)16-33/h4-15,28H,17H2,1-3H3/b26-14-/t28-/m0/s1. The van der Waals surface area contributed by atoms with Crippen LogP contribution in [0.25, 0.3) is 6.08 Å². The minimum Gasteiger partial charge on any atom is -0.496 e. The second-order valence-electron chi connectivity index (χ2n) is 9.09. The quantitative estimate of drug-likeness (QED) is 0.296. The van der Waals surface area contributed by atoms with E-state index >= 15 is 0 Å². The Bertz CT molecular complexity index is 1900. The molecule has 1 aliphatic rings. The molecule has 2 heterocycles. The van der Waals surface area contributed by atoms with Crippen molar-refractivity contribution in [3.63, 3.8) is 0 Å². The number of thiazole rings is 1. The van der Waals surface area contributed by atoms with Crippen LogP contribution < -0.4 is 24.4 Å². The minimum atomic E-state index is -0.846. The summed E-state index contributed by atoms with van der Waals surface area (Å²) < 4.78 is 18.4. The Balaban J connectivity index is 1.53. The highest BCUT2D eigenvalue weighted by Crippen LogP contribution is 2.37. The number of carbonyl (C=O) groups excluding carboxylic acids is 1. The fraction of sp³-hybridized carbons (Fsp3) is 0.161. The van der Waals surface area contributed by atoms with Crippen LogP contribution in [0.15, 0.2) is 87.8 Å². The molecule has 0 saturated heterocycles. The average Bonchev–Trinajstić information content (AvgIpc) is 3.29. The highest BCUT2D eigenvalue weighted by atomic mass is 35.5. The van der Waals surface area contributed by atoms with Gasteiger partial charge in [-0.05, 0) is 55.0 Å². The number of fused-ring (bicyclic) bond motifs is 1. The van der Waals surface area contributed by atoms with Gasteiger partial charge in [-0.15, -0.1) is 0 Å². The van der Waals surface area contributed by atoms with Gasteiger partial charge in [0.15, 0.2) is 4.80 Å². The molecule has 0 bridgehead atoms. The molecular weight excluding hydrogens is 562 g/mol. The molecule has 8 nitrogen and oxygen atoms in total. The number of aromatic nitrogens is 1. The first-order valence-electron chi connectivity index (χ1n) is 12.5. The third-order valence-corrected chi connectivity index (χ3v) is 7.84. The normalized spacial score (nSPS) is 14.6. The first-order chi connectivity index (χ1) is 19.8. The van der Waals surface area contributed by atoms with Crippen LogP contribution in [0, 0.1) is 11.3 Å².